The van der Waals surface area contributed by atoms with Gasteiger partial charge in [-0.25, -0.2) is 0 Å². The van der Waals surface area contributed by atoms with Crippen molar-refractivity contribution in [1.82, 2.24) is 0 Å². The van der Waals surface area contributed by atoms with E-state index in [1.54, 1.807) is 6.92 Å². The fourth-order valence-electron chi connectivity index (χ4n) is 1.86. The maximum atomic E-state index is 10.6. The average molecular weight is 172 g/mol. The molecule has 0 aliphatic heterocycles. The Balaban J connectivity index is 2.67. The van der Waals surface area contributed by atoms with Crippen molar-refractivity contribution in [1.29, 1.82) is 0 Å². The van der Waals surface area contributed by atoms with Crippen molar-refractivity contribution in [3.05, 3.63) is 0 Å². The molecule has 0 saturated heterocycles. The Labute approximate surface area is 70.2 Å². The molecule has 0 heterocycles. The number of carboxylic acid groups (broad SMARTS) is 2. The number of aliphatic carboxylic acids is 2. The Morgan fingerprint density at radius 1 is 1.08 bits per heavy atom. The molecule has 0 aromatic rings. The van der Waals surface area contributed by atoms with Crippen LogP contribution in [0.5, 0.6) is 0 Å². The lowest BCUT2D eigenvalue weighted by molar-refractivity contribution is -0.145. The molecule has 0 spiro atoms. The summed E-state index contributed by atoms with van der Waals surface area (Å²) in [5.41, 5.74) is 0. The van der Waals surface area contributed by atoms with E-state index in [0.29, 0.717) is 12.8 Å². The zero-order valence-electron chi connectivity index (χ0n) is 6.86. The van der Waals surface area contributed by atoms with Crippen LogP contribution in [-0.4, -0.2) is 22.2 Å². The third kappa shape index (κ3) is 1.42. The van der Waals surface area contributed by atoms with Crippen LogP contribution in [0.15, 0.2) is 0 Å². The van der Waals surface area contributed by atoms with Gasteiger partial charge in [-0.1, -0.05) is 6.92 Å². The highest BCUT2D eigenvalue weighted by Crippen LogP contribution is 2.36. The number of hydrogen-bond acceptors (Lipinski definition) is 2. The van der Waals surface area contributed by atoms with Gasteiger partial charge in [0.05, 0.1) is 11.8 Å². The first-order valence-electron chi connectivity index (χ1n) is 3.99. The fraction of sp³-hybridized carbons (Fsp3) is 0.750. The van der Waals surface area contributed by atoms with Gasteiger partial charge in [0, 0.05) is 0 Å². The van der Waals surface area contributed by atoms with E-state index < -0.39 is 23.8 Å². The molecule has 0 radical (unpaired) electrons. The van der Waals surface area contributed by atoms with Gasteiger partial charge in [0.2, 0.25) is 0 Å². The van der Waals surface area contributed by atoms with Gasteiger partial charge < -0.3 is 10.2 Å². The van der Waals surface area contributed by atoms with Gasteiger partial charge >= 0.3 is 11.9 Å². The van der Waals surface area contributed by atoms with Crippen LogP contribution in [0.4, 0.5) is 0 Å². The Hall–Kier alpha value is -1.06. The van der Waals surface area contributed by atoms with Gasteiger partial charge in [0.25, 0.3) is 0 Å². The SMILES string of the molecule is CC1C(C(=O)O)CCC1C(=O)O. The first-order chi connectivity index (χ1) is 5.54. The predicted octanol–water partition coefficient (Wildman–Crippen LogP) is 0.818. The Morgan fingerprint density at radius 3 is 1.58 bits per heavy atom. The molecule has 1 aliphatic rings. The van der Waals surface area contributed by atoms with E-state index >= 15 is 0 Å². The monoisotopic (exact) mass is 172 g/mol. The molecule has 1 aliphatic carbocycles. The maximum absolute atomic E-state index is 10.6. The average Bonchev–Trinajstić information content (AvgIpc) is 2.30. The fourth-order valence-corrected chi connectivity index (χ4v) is 1.86. The van der Waals surface area contributed by atoms with Crippen LogP contribution in [0, 0.1) is 17.8 Å². The second-order valence-electron chi connectivity index (χ2n) is 3.33. The molecule has 4 heteroatoms. The number of hydrogen-bond donors (Lipinski definition) is 2. The molecule has 2 unspecified atom stereocenters. The van der Waals surface area contributed by atoms with Crippen molar-refractivity contribution in [2.24, 2.45) is 17.8 Å². The minimum absolute atomic E-state index is 0.236. The van der Waals surface area contributed by atoms with Crippen molar-refractivity contribution in [2.75, 3.05) is 0 Å². The van der Waals surface area contributed by atoms with E-state index in [-0.39, 0.29) is 5.92 Å². The molecular formula is C8H12O4. The molecule has 0 amide bonds. The highest BCUT2D eigenvalue weighted by atomic mass is 16.4. The largest absolute Gasteiger partial charge is 0.481 e. The number of rotatable bonds is 2. The molecule has 0 aromatic carbocycles. The highest BCUT2D eigenvalue weighted by molar-refractivity contribution is 5.75. The van der Waals surface area contributed by atoms with Gasteiger partial charge in [0.15, 0.2) is 0 Å². The van der Waals surface area contributed by atoms with Crippen molar-refractivity contribution in [3.8, 4) is 0 Å². The molecule has 4 nitrogen and oxygen atoms in total. The van der Waals surface area contributed by atoms with Crippen LogP contribution in [0.1, 0.15) is 19.8 Å². The maximum Gasteiger partial charge on any atom is 0.306 e. The van der Waals surface area contributed by atoms with Crippen molar-refractivity contribution in [3.63, 3.8) is 0 Å². The lowest BCUT2D eigenvalue weighted by Crippen LogP contribution is -2.23. The third-order valence-electron chi connectivity index (χ3n) is 2.69. The summed E-state index contributed by atoms with van der Waals surface area (Å²) in [6.45, 7) is 1.70. The summed E-state index contributed by atoms with van der Waals surface area (Å²) < 4.78 is 0. The van der Waals surface area contributed by atoms with Crippen LogP contribution in [-0.2, 0) is 9.59 Å². The van der Waals surface area contributed by atoms with Crippen molar-refractivity contribution < 1.29 is 19.8 Å². The van der Waals surface area contributed by atoms with Gasteiger partial charge in [-0.3, -0.25) is 9.59 Å². The van der Waals surface area contributed by atoms with Gasteiger partial charge in [0.1, 0.15) is 0 Å². The minimum atomic E-state index is -0.869. The van der Waals surface area contributed by atoms with Crippen LogP contribution in [0.2, 0.25) is 0 Å². The summed E-state index contributed by atoms with van der Waals surface area (Å²) in [7, 11) is 0. The molecule has 0 aromatic heterocycles. The lowest BCUT2D eigenvalue weighted by atomic mass is 9.91. The Bertz CT molecular complexity index is 189. The van der Waals surface area contributed by atoms with E-state index in [0.717, 1.165) is 0 Å². The van der Waals surface area contributed by atoms with E-state index in [1.165, 1.54) is 0 Å². The molecule has 1 fully saturated rings. The van der Waals surface area contributed by atoms with E-state index in [1.807, 2.05) is 0 Å². The zero-order chi connectivity index (χ0) is 9.30. The summed E-state index contributed by atoms with van der Waals surface area (Å²) in [4.78, 5) is 21.2. The first-order valence-corrected chi connectivity index (χ1v) is 3.99. The smallest absolute Gasteiger partial charge is 0.306 e. The van der Waals surface area contributed by atoms with Gasteiger partial charge in [-0.2, -0.15) is 0 Å². The van der Waals surface area contributed by atoms with Crippen LogP contribution in [0.25, 0.3) is 0 Å². The van der Waals surface area contributed by atoms with Crippen molar-refractivity contribution in [2.45, 2.75) is 19.8 Å². The van der Waals surface area contributed by atoms with Crippen LogP contribution >= 0.6 is 0 Å². The van der Waals surface area contributed by atoms with E-state index in [2.05, 4.69) is 0 Å². The van der Waals surface area contributed by atoms with E-state index in [9.17, 15) is 9.59 Å². The number of carboxylic acids is 2. The number of carbonyl (C=O) groups is 2. The molecule has 2 N–H and O–H groups in total. The van der Waals surface area contributed by atoms with Gasteiger partial charge in [-0.05, 0) is 18.8 Å². The zero-order valence-corrected chi connectivity index (χ0v) is 6.86. The summed E-state index contributed by atoms with van der Waals surface area (Å²) in [6.07, 6.45) is 0.987. The van der Waals surface area contributed by atoms with Crippen molar-refractivity contribution >= 4 is 11.9 Å². The molecule has 68 valence electrons. The van der Waals surface area contributed by atoms with Crippen LogP contribution in [0.3, 0.4) is 0 Å². The minimum Gasteiger partial charge on any atom is -0.481 e. The summed E-state index contributed by atoms with van der Waals surface area (Å²) in [6, 6.07) is 0. The molecule has 1 saturated carbocycles. The Morgan fingerprint density at radius 2 is 1.42 bits per heavy atom. The summed E-state index contributed by atoms with van der Waals surface area (Å²) in [5.74, 6) is -2.91. The predicted molar refractivity (Wildman–Crippen MR) is 40.6 cm³/mol. The summed E-state index contributed by atoms with van der Waals surface area (Å²) in [5, 5.41) is 17.4. The molecule has 12 heavy (non-hydrogen) atoms. The second kappa shape index (κ2) is 3.13. The standard InChI is InChI=1S/C8H12O4/c1-4-5(7(9)10)2-3-6(4)8(11)12/h4-6H,2-3H2,1H3,(H,9,10)(H,11,12). The highest BCUT2D eigenvalue weighted by Gasteiger charge is 2.40. The molecule has 2 atom stereocenters. The second-order valence-corrected chi connectivity index (χ2v) is 3.33. The Kier molecular flexibility index (Phi) is 2.35. The quantitative estimate of drug-likeness (QED) is 0.646. The molecule has 1 rings (SSSR count). The van der Waals surface area contributed by atoms with Crippen LogP contribution < -0.4 is 0 Å². The topological polar surface area (TPSA) is 74.6 Å². The molecular weight excluding hydrogens is 160 g/mol. The first kappa shape index (κ1) is 9.03. The molecule has 0 bridgehead atoms. The third-order valence-corrected chi connectivity index (χ3v) is 2.69. The van der Waals surface area contributed by atoms with E-state index in [4.69, 9.17) is 10.2 Å². The lowest BCUT2D eigenvalue weighted by Gasteiger charge is -2.13. The van der Waals surface area contributed by atoms with Gasteiger partial charge in [-0.15, -0.1) is 0 Å². The summed E-state index contributed by atoms with van der Waals surface area (Å²) >= 11 is 0. The normalized spacial score (nSPS) is 34.9.